The number of hydrogen-bond donors (Lipinski definition) is 2. The van der Waals surface area contributed by atoms with Crippen molar-refractivity contribution in [3.63, 3.8) is 0 Å². The lowest BCUT2D eigenvalue weighted by Crippen LogP contribution is -2.04. The van der Waals surface area contributed by atoms with Gasteiger partial charge < -0.3 is 15.6 Å². The van der Waals surface area contributed by atoms with Gasteiger partial charge in [-0.3, -0.25) is 0 Å². The largest absolute Gasteiger partial charge is 0.478 e. The maximum Gasteiger partial charge on any atom is 0.339 e. The van der Waals surface area contributed by atoms with Crippen molar-refractivity contribution >= 4 is 11.7 Å². The highest BCUT2D eigenvalue weighted by Crippen LogP contribution is 2.33. The molecule has 0 unspecified atom stereocenters. The topological polar surface area (TPSA) is 72.6 Å². The molecule has 19 heavy (non-hydrogen) atoms. The van der Waals surface area contributed by atoms with Gasteiger partial charge in [0.1, 0.15) is 5.56 Å². The summed E-state index contributed by atoms with van der Waals surface area (Å²) in [5.41, 5.74) is 5.38. The highest BCUT2D eigenvalue weighted by molar-refractivity contribution is 5.93. The highest BCUT2D eigenvalue weighted by Gasteiger charge is 2.17. The molecule has 2 aromatic rings. The molecule has 0 saturated heterocycles. The highest BCUT2D eigenvalue weighted by atomic mass is 19.2. The normalized spacial score (nSPS) is 10.2. The van der Waals surface area contributed by atoms with Crippen LogP contribution in [-0.4, -0.2) is 11.1 Å². The van der Waals surface area contributed by atoms with Crippen LogP contribution in [0.5, 0.6) is 11.5 Å². The summed E-state index contributed by atoms with van der Waals surface area (Å²) in [5.74, 6) is -4.23. The van der Waals surface area contributed by atoms with Crippen LogP contribution < -0.4 is 10.5 Å². The molecule has 0 aliphatic rings. The first-order chi connectivity index (χ1) is 9.00. The number of ether oxygens (including phenoxy) is 1. The summed E-state index contributed by atoms with van der Waals surface area (Å²) in [7, 11) is 0. The minimum absolute atomic E-state index is 0.0172. The molecule has 2 rings (SSSR count). The number of nitrogen functional groups attached to an aromatic ring is 1. The number of para-hydroxylation sites is 1. The van der Waals surface area contributed by atoms with Crippen molar-refractivity contribution in [1.82, 2.24) is 0 Å². The zero-order valence-corrected chi connectivity index (χ0v) is 9.56. The second-order valence-electron chi connectivity index (χ2n) is 3.68. The van der Waals surface area contributed by atoms with Gasteiger partial charge in [0, 0.05) is 0 Å². The lowest BCUT2D eigenvalue weighted by atomic mass is 10.1. The second-order valence-corrected chi connectivity index (χ2v) is 3.68. The number of halogens is 2. The number of carboxylic acids is 1. The predicted molar refractivity (Wildman–Crippen MR) is 64.2 cm³/mol. The van der Waals surface area contributed by atoms with Gasteiger partial charge in [-0.15, -0.1) is 0 Å². The van der Waals surface area contributed by atoms with E-state index in [4.69, 9.17) is 15.6 Å². The Morgan fingerprint density at radius 3 is 2.53 bits per heavy atom. The maximum absolute atomic E-state index is 13.5. The van der Waals surface area contributed by atoms with E-state index in [0.717, 1.165) is 6.07 Å². The molecular formula is C13H9F2NO3. The van der Waals surface area contributed by atoms with Gasteiger partial charge in [0.05, 0.1) is 5.69 Å². The van der Waals surface area contributed by atoms with Crippen molar-refractivity contribution in [2.45, 2.75) is 0 Å². The molecule has 3 N–H and O–H groups in total. The Morgan fingerprint density at radius 2 is 1.84 bits per heavy atom. The first-order valence-electron chi connectivity index (χ1n) is 5.24. The number of hydrogen-bond acceptors (Lipinski definition) is 3. The molecule has 2 aromatic carbocycles. The van der Waals surface area contributed by atoms with E-state index in [1.807, 2.05) is 0 Å². The smallest absolute Gasteiger partial charge is 0.339 e. The molecule has 0 saturated carbocycles. The molecule has 0 aromatic heterocycles. The zero-order chi connectivity index (χ0) is 14.0. The first-order valence-corrected chi connectivity index (χ1v) is 5.24. The van der Waals surface area contributed by atoms with Gasteiger partial charge >= 0.3 is 5.97 Å². The van der Waals surface area contributed by atoms with Crippen molar-refractivity contribution in [3.8, 4) is 11.5 Å². The monoisotopic (exact) mass is 265 g/mol. The third-order valence-electron chi connectivity index (χ3n) is 2.40. The Balaban J connectivity index is 2.49. The maximum atomic E-state index is 13.5. The summed E-state index contributed by atoms with van der Waals surface area (Å²) in [6, 6.07) is 7.43. The minimum atomic E-state index is -1.28. The van der Waals surface area contributed by atoms with Crippen LogP contribution >= 0.6 is 0 Å². The SMILES string of the molecule is Nc1cccc(C(=O)O)c1Oc1cccc(F)c1F. The van der Waals surface area contributed by atoms with Crippen LogP contribution in [0.1, 0.15) is 10.4 Å². The fraction of sp³-hybridized carbons (Fsp3) is 0. The Kier molecular flexibility index (Phi) is 3.33. The number of carboxylic acid groups (broad SMARTS) is 1. The van der Waals surface area contributed by atoms with E-state index in [2.05, 4.69) is 0 Å². The summed E-state index contributed by atoms with van der Waals surface area (Å²) < 4.78 is 31.6. The summed E-state index contributed by atoms with van der Waals surface area (Å²) in [6.07, 6.45) is 0. The molecule has 0 aliphatic carbocycles. The standard InChI is InChI=1S/C13H9F2NO3/c14-8-4-2-6-10(11(8)15)19-12-7(13(17)18)3-1-5-9(12)16/h1-6H,16H2,(H,17,18). The fourth-order valence-corrected chi connectivity index (χ4v) is 1.51. The summed E-state index contributed by atoms with van der Waals surface area (Å²) in [5, 5.41) is 8.99. The van der Waals surface area contributed by atoms with Gasteiger partial charge in [0.15, 0.2) is 17.3 Å². The molecule has 0 amide bonds. The quantitative estimate of drug-likeness (QED) is 0.836. The lowest BCUT2D eigenvalue weighted by molar-refractivity contribution is 0.0694. The van der Waals surface area contributed by atoms with Crippen molar-refractivity contribution in [2.75, 3.05) is 5.73 Å². The lowest BCUT2D eigenvalue weighted by Gasteiger charge is -2.11. The van der Waals surface area contributed by atoms with Crippen LogP contribution in [0.2, 0.25) is 0 Å². The Labute approximate surface area is 107 Å². The van der Waals surface area contributed by atoms with Gasteiger partial charge in [0.2, 0.25) is 5.82 Å². The summed E-state index contributed by atoms with van der Waals surface area (Å²) >= 11 is 0. The van der Waals surface area contributed by atoms with E-state index in [1.54, 1.807) is 0 Å². The van der Waals surface area contributed by atoms with Crippen LogP contribution in [0.3, 0.4) is 0 Å². The first kappa shape index (κ1) is 12.8. The molecule has 0 radical (unpaired) electrons. The van der Waals surface area contributed by atoms with E-state index in [-0.39, 0.29) is 17.0 Å². The molecule has 98 valence electrons. The van der Waals surface area contributed by atoms with Crippen molar-refractivity contribution < 1.29 is 23.4 Å². The van der Waals surface area contributed by atoms with Crippen LogP contribution in [0.4, 0.5) is 14.5 Å². The van der Waals surface area contributed by atoms with Gasteiger partial charge in [-0.05, 0) is 24.3 Å². The average Bonchev–Trinajstić information content (AvgIpc) is 2.36. The van der Waals surface area contributed by atoms with E-state index in [0.29, 0.717) is 0 Å². The van der Waals surface area contributed by atoms with Gasteiger partial charge in [-0.25, -0.2) is 9.18 Å². The van der Waals surface area contributed by atoms with E-state index < -0.39 is 23.4 Å². The summed E-state index contributed by atoms with van der Waals surface area (Å²) in [6.45, 7) is 0. The predicted octanol–water partition coefficient (Wildman–Crippen LogP) is 3.04. The number of carbonyl (C=O) groups is 1. The molecule has 4 nitrogen and oxygen atoms in total. The number of nitrogens with two attached hydrogens (primary N) is 1. The van der Waals surface area contributed by atoms with E-state index in [9.17, 15) is 13.6 Å². The third kappa shape index (κ3) is 2.47. The number of benzene rings is 2. The molecule has 0 aliphatic heterocycles. The van der Waals surface area contributed by atoms with Gasteiger partial charge in [0.25, 0.3) is 0 Å². The molecule has 0 atom stereocenters. The molecule has 0 fully saturated rings. The van der Waals surface area contributed by atoms with E-state index in [1.165, 1.54) is 30.3 Å². The minimum Gasteiger partial charge on any atom is -0.478 e. The molecule has 0 heterocycles. The Bertz CT molecular complexity index is 644. The number of aromatic carboxylic acids is 1. The number of rotatable bonds is 3. The third-order valence-corrected chi connectivity index (χ3v) is 2.40. The van der Waals surface area contributed by atoms with Crippen molar-refractivity contribution in [3.05, 3.63) is 53.6 Å². The number of anilines is 1. The van der Waals surface area contributed by atoms with Crippen molar-refractivity contribution in [1.29, 1.82) is 0 Å². The van der Waals surface area contributed by atoms with Gasteiger partial charge in [-0.2, -0.15) is 4.39 Å². The molecule has 6 heteroatoms. The zero-order valence-electron chi connectivity index (χ0n) is 9.56. The van der Waals surface area contributed by atoms with Crippen molar-refractivity contribution in [2.24, 2.45) is 0 Å². The van der Waals surface area contributed by atoms with Crippen LogP contribution in [0, 0.1) is 11.6 Å². The molecule has 0 bridgehead atoms. The van der Waals surface area contributed by atoms with Crippen LogP contribution in [0.15, 0.2) is 36.4 Å². The van der Waals surface area contributed by atoms with Crippen LogP contribution in [-0.2, 0) is 0 Å². The average molecular weight is 265 g/mol. The second kappa shape index (κ2) is 4.93. The Morgan fingerprint density at radius 1 is 1.16 bits per heavy atom. The summed E-state index contributed by atoms with van der Waals surface area (Å²) in [4.78, 5) is 11.0. The molecular weight excluding hydrogens is 256 g/mol. The van der Waals surface area contributed by atoms with Crippen LogP contribution in [0.25, 0.3) is 0 Å². The fourth-order valence-electron chi connectivity index (χ4n) is 1.51. The Hall–Kier alpha value is -2.63. The van der Waals surface area contributed by atoms with E-state index >= 15 is 0 Å². The molecule has 0 spiro atoms. The van der Waals surface area contributed by atoms with Gasteiger partial charge in [-0.1, -0.05) is 12.1 Å².